The molecule has 2 atom stereocenters. The third-order valence-electron chi connectivity index (χ3n) is 6.26. The highest BCUT2D eigenvalue weighted by Gasteiger charge is 2.37. The second-order valence-electron chi connectivity index (χ2n) is 8.67. The fraction of sp³-hybridized carbons (Fsp3) is 0.481. The second-order valence-corrected chi connectivity index (χ2v) is 8.67. The highest BCUT2D eigenvalue weighted by Crippen LogP contribution is 2.42. The molecule has 2 aromatic rings. The molecule has 166 valence electrons. The molecule has 4 nitrogen and oxygen atoms in total. The van der Waals surface area contributed by atoms with E-state index in [9.17, 15) is 9.59 Å². The molecule has 0 unspecified atom stereocenters. The van der Waals surface area contributed by atoms with Gasteiger partial charge in [0.2, 0.25) is 11.8 Å². The Morgan fingerprint density at radius 1 is 0.935 bits per heavy atom. The summed E-state index contributed by atoms with van der Waals surface area (Å²) < 4.78 is 0. The molecule has 0 bridgehead atoms. The van der Waals surface area contributed by atoms with Crippen molar-refractivity contribution in [3.8, 4) is 0 Å². The maximum absolute atomic E-state index is 13.2. The molecule has 0 aliphatic carbocycles. The standard InChI is InChI=1S/C27H36N2O2/c1-4-5-6-7-8-12-19-27(31)28-21(2)20-26(24-17-13-14-18-25(24)28)29(22(3)30)23-15-10-9-11-16-23/h9-11,13-18,21,26H,4-8,12,19-20H2,1-3H3/t21-,26-/m0/s1. The summed E-state index contributed by atoms with van der Waals surface area (Å²) in [5.74, 6) is 0.216. The van der Waals surface area contributed by atoms with E-state index in [1.165, 1.54) is 25.7 Å². The van der Waals surface area contributed by atoms with Gasteiger partial charge >= 0.3 is 0 Å². The fourth-order valence-electron chi connectivity index (χ4n) is 4.75. The molecule has 1 heterocycles. The van der Waals surface area contributed by atoms with Gasteiger partial charge in [-0.3, -0.25) is 9.59 Å². The monoisotopic (exact) mass is 420 g/mol. The van der Waals surface area contributed by atoms with Crippen LogP contribution in [-0.4, -0.2) is 17.9 Å². The van der Waals surface area contributed by atoms with Gasteiger partial charge in [0, 0.05) is 30.8 Å². The molecule has 0 radical (unpaired) electrons. The first kappa shape index (κ1) is 23.1. The van der Waals surface area contributed by atoms with Crippen LogP contribution in [0.15, 0.2) is 54.6 Å². The molecule has 0 N–H and O–H groups in total. The summed E-state index contributed by atoms with van der Waals surface area (Å²) in [7, 11) is 0. The van der Waals surface area contributed by atoms with Crippen LogP contribution < -0.4 is 9.80 Å². The number of benzene rings is 2. The lowest BCUT2D eigenvalue weighted by Gasteiger charge is -2.43. The molecular formula is C27H36N2O2. The first-order valence-corrected chi connectivity index (χ1v) is 11.8. The number of nitrogens with zero attached hydrogens (tertiary/aromatic N) is 2. The molecule has 0 spiro atoms. The molecule has 4 heteroatoms. The average molecular weight is 421 g/mol. The van der Waals surface area contributed by atoms with Crippen molar-refractivity contribution in [2.24, 2.45) is 0 Å². The van der Waals surface area contributed by atoms with E-state index in [2.05, 4.69) is 19.9 Å². The predicted octanol–water partition coefficient (Wildman–Crippen LogP) is 6.66. The van der Waals surface area contributed by atoms with Gasteiger partial charge < -0.3 is 9.80 Å². The molecule has 0 saturated heterocycles. The van der Waals surface area contributed by atoms with Crippen molar-refractivity contribution < 1.29 is 9.59 Å². The summed E-state index contributed by atoms with van der Waals surface area (Å²) in [6.07, 6.45) is 8.36. The topological polar surface area (TPSA) is 40.6 Å². The van der Waals surface area contributed by atoms with Crippen LogP contribution in [0.2, 0.25) is 0 Å². The summed E-state index contributed by atoms with van der Waals surface area (Å²) in [6, 6.07) is 17.9. The van der Waals surface area contributed by atoms with Gasteiger partial charge in [0.25, 0.3) is 0 Å². The Kier molecular flexibility index (Phi) is 8.27. The van der Waals surface area contributed by atoms with Gasteiger partial charge in [-0.1, -0.05) is 75.4 Å². The maximum Gasteiger partial charge on any atom is 0.227 e. The maximum atomic E-state index is 13.2. The second kappa shape index (κ2) is 11.1. The van der Waals surface area contributed by atoms with Crippen molar-refractivity contribution in [3.05, 3.63) is 60.2 Å². The van der Waals surface area contributed by atoms with Crippen LogP contribution in [0.4, 0.5) is 11.4 Å². The Balaban J connectivity index is 1.80. The van der Waals surface area contributed by atoms with Crippen molar-refractivity contribution >= 4 is 23.2 Å². The Morgan fingerprint density at radius 3 is 2.29 bits per heavy atom. The van der Waals surface area contributed by atoms with Crippen molar-refractivity contribution in [1.82, 2.24) is 0 Å². The summed E-state index contributed by atoms with van der Waals surface area (Å²) >= 11 is 0. The molecule has 0 fully saturated rings. The summed E-state index contributed by atoms with van der Waals surface area (Å²) in [5, 5.41) is 0. The highest BCUT2D eigenvalue weighted by atomic mass is 16.2. The lowest BCUT2D eigenvalue weighted by atomic mass is 9.89. The number of anilines is 2. The lowest BCUT2D eigenvalue weighted by molar-refractivity contribution is -0.119. The minimum atomic E-state index is -0.0795. The quantitative estimate of drug-likeness (QED) is 0.426. The largest absolute Gasteiger partial charge is 0.309 e. The first-order chi connectivity index (χ1) is 15.0. The molecule has 0 aromatic heterocycles. The van der Waals surface area contributed by atoms with E-state index in [0.717, 1.165) is 36.2 Å². The van der Waals surface area contributed by atoms with Crippen molar-refractivity contribution in [2.75, 3.05) is 9.80 Å². The summed E-state index contributed by atoms with van der Waals surface area (Å²) in [6.45, 7) is 5.94. The number of fused-ring (bicyclic) bond motifs is 1. The Labute approximate surface area is 187 Å². The third kappa shape index (κ3) is 5.55. The minimum absolute atomic E-state index is 0.0186. The number of hydrogen-bond acceptors (Lipinski definition) is 2. The number of carbonyl (C=O) groups is 2. The summed E-state index contributed by atoms with van der Waals surface area (Å²) in [5.41, 5.74) is 2.90. The first-order valence-electron chi connectivity index (χ1n) is 11.8. The minimum Gasteiger partial charge on any atom is -0.309 e. The van der Waals surface area contributed by atoms with E-state index < -0.39 is 0 Å². The Hall–Kier alpha value is -2.62. The normalized spacial score (nSPS) is 17.8. The van der Waals surface area contributed by atoms with E-state index in [1.54, 1.807) is 6.92 Å². The molecule has 3 rings (SSSR count). The number of amides is 2. The van der Waals surface area contributed by atoms with Gasteiger partial charge in [-0.25, -0.2) is 0 Å². The smallest absolute Gasteiger partial charge is 0.227 e. The van der Waals surface area contributed by atoms with Gasteiger partial charge in [0.1, 0.15) is 0 Å². The molecule has 1 aliphatic rings. The van der Waals surface area contributed by atoms with Crippen molar-refractivity contribution in [2.45, 2.75) is 84.2 Å². The zero-order valence-corrected chi connectivity index (χ0v) is 19.2. The number of unbranched alkanes of at least 4 members (excludes halogenated alkanes) is 5. The molecule has 31 heavy (non-hydrogen) atoms. The van der Waals surface area contributed by atoms with Gasteiger partial charge in [0.15, 0.2) is 0 Å². The predicted molar refractivity (Wildman–Crippen MR) is 128 cm³/mol. The molecule has 2 amide bonds. The SMILES string of the molecule is CCCCCCCCC(=O)N1c2ccccc2[C@@H](N(C(C)=O)c2ccccc2)C[C@@H]1C. The van der Waals surface area contributed by atoms with E-state index in [-0.39, 0.29) is 23.9 Å². The van der Waals surface area contributed by atoms with Crippen LogP contribution in [-0.2, 0) is 9.59 Å². The van der Waals surface area contributed by atoms with Crippen LogP contribution in [0.25, 0.3) is 0 Å². The van der Waals surface area contributed by atoms with E-state index in [1.807, 2.05) is 58.3 Å². The molecular weight excluding hydrogens is 384 g/mol. The third-order valence-corrected chi connectivity index (χ3v) is 6.26. The van der Waals surface area contributed by atoms with E-state index in [0.29, 0.717) is 6.42 Å². The lowest BCUT2D eigenvalue weighted by Crippen LogP contribution is -2.47. The van der Waals surface area contributed by atoms with Gasteiger partial charge in [-0.15, -0.1) is 0 Å². The van der Waals surface area contributed by atoms with Crippen molar-refractivity contribution in [3.63, 3.8) is 0 Å². The van der Waals surface area contributed by atoms with E-state index in [4.69, 9.17) is 0 Å². The van der Waals surface area contributed by atoms with Crippen molar-refractivity contribution in [1.29, 1.82) is 0 Å². The zero-order chi connectivity index (χ0) is 22.2. The Morgan fingerprint density at radius 2 is 1.58 bits per heavy atom. The van der Waals surface area contributed by atoms with Crippen LogP contribution in [0.1, 0.15) is 83.7 Å². The molecule has 1 aliphatic heterocycles. The van der Waals surface area contributed by atoms with Crippen LogP contribution in [0.3, 0.4) is 0 Å². The fourth-order valence-corrected chi connectivity index (χ4v) is 4.75. The van der Waals surface area contributed by atoms with Gasteiger partial charge in [0.05, 0.1) is 6.04 Å². The summed E-state index contributed by atoms with van der Waals surface area (Å²) in [4.78, 5) is 29.7. The van der Waals surface area contributed by atoms with Crippen LogP contribution in [0, 0.1) is 0 Å². The molecule has 0 saturated carbocycles. The van der Waals surface area contributed by atoms with Crippen LogP contribution in [0.5, 0.6) is 0 Å². The van der Waals surface area contributed by atoms with Crippen LogP contribution >= 0.6 is 0 Å². The number of para-hydroxylation sites is 2. The zero-order valence-electron chi connectivity index (χ0n) is 19.2. The highest BCUT2D eigenvalue weighted by molar-refractivity contribution is 5.97. The van der Waals surface area contributed by atoms with Gasteiger partial charge in [-0.2, -0.15) is 0 Å². The average Bonchev–Trinajstić information content (AvgIpc) is 2.76. The van der Waals surface area contributed by atoms with E-state index >= 15 is 0 Å². The molecule has 2 aromatic carbocycles. The van der Waals surface area contributed by atoms with Gasteiger partial charge in [-0.05, 0) is 43.5 Å². The number of rotatable bonds is 9. The number of carbonyl (C=O) groups excluding carboxylic acids is 2. The number of hydrogen-bond donors (Lipinski definition) is 0. The Bertz CT molecular complexity index is 865.